The lowest BCUT2D eigenvalue weighted by molar-refractivity contribution is -0.126. The Morgan fingerprint density at radius 1 is 1.03 bits per heavy atom. The first kappa shape index (κ1) is 21.6. The summed E-state index contributed by atoms with van der Waals surface area (Å²) in [6.07, 6.45) is 1.32. The molecular formula is C20H22N4O5. The molecule has 29 heavy (non-hydrogen) atoms. The molecule has 2 amide bonds. The van der Waals surface area contributed by atoms with Gasteiger partial charge in [0, 0.05) is 12.8 Å². The minimum Gasteiger partial charge on any atom is -0.493 e. The normalized spacial score (nSPS) is 10.4. The van der Waals surface area contributed by atoms with E-state index in [-0.39, 0.29) is 18.6 Å². The number of hydrogen-bond acceptors (Lipinski definition) is 7. The predicted octanol–water partition coefficient (Wildman–Crippen LogP) is 1.44. The van der Waals surface area contributed by atoms with E-state index in [1.165, 1.54) is 13.3 Å². The van der Waals surface area contributed by atoms with Crippen LogP contribution in [-0.2, 0) is 9.59 Å². The van der Waals surface area contributed by atoms with Crippen molar-refractivity contribution in [2.24, 2.45) is 10.9 Å². The van der Waals surface area contributed by atoms with Gasteiger partial charge in [-0.05, 0) is 42.8 Å². The first-order valence-corrected chi connectivity index (χ1v) is 8.71. The molecule has 0 saturated carbocycles. The molecule has 152 valence electrons. The van der Waals surface area contributed by atoms with Gasteiger partial charge in [0.05, 0.1) is 18.9 Å². The van der Waals surface area contributed by atoms with Gasteiger partial charge in [0.25, 0.3) is 0 Å². The summed E-state index contributed by atoms with van der Waals surface area (Å²) in [7, 11) is 1.45. The first-order chi connectivity index (χ1) is 13.9. The lowest BCUT2D eigenvalue weighted by Crippen LogP contribution is -2.31. The number of aryl methyl sites for hydroxylation is 1. The van der Waals surface area contributed by atoms with Crippen LogP contribution in [0, 0.1) is 6.92 Å². The number of hydrazone groups is 1. The van der Waals surface area contributed by atoms with Crippen molar-refractivity contribution >= 4 is 24.0 Å². The number of hydrogen-bond donors (Lipinski definition) is 3. The summed E-state index contributed by atoms with van der Waals surface area (Å²) in [6.45, 7) is 1.93. The van der Waals surface area contributed by atoms with Gasteiger partial charge in [0.2, 0.25) is 11.8 Å². The van der Waals surface area contributed by atoms with Gasteiger partial charge in [-0.15, -0.1) is 0 Å². The third-order valence-electron chi connectivity index (χ3n) is 3.82. The van der Waals surface area contributed by atoms with Gasteiger partial charge in [-0.3, -0.25) is 15.0 Å². The molecule has 0 aliphatic carbocycles. The Morgan fingerprint density at radius 3 is 2.38 bits per heavy atom. The molecule has 2 aromatic rings. The van der Waals surface area contributed by atoms with Crippen LogP contribution in [0.25, 0.3) is 0 Å². The van der Waals surface area contributed by atoms with Crippen LogP contribution in [0.3, 0.4) is 0 Å². The Bertz CT molecular complexity index is 910. The third-order valence-corrected chi connectivity index (χ3v) is 3.82. The SMILES string of the molecule is COc1cc(/C=N/NC(=O)CCC(=O)NN)ccc1OC(=O)c1ccc(C)cc1. The van der Waals surface area contributed by atoms with Crippen molar-refractivity contribution in [1.82, 2.24) is 10.9 Å². The molecule has 0 aromatic heterocycles. The molecule has 0 spiro atoms. The second kappa shape index (κ2) is 10.6. The average molecular weight is 398 g/mol. The van der Waals surface area contributed by atoms with Gasteiger partial charge in [-0.25, -0.2) is 16.1 Å². The van der Waals surface area contributed by atoms with E-state index < -0.39 is 17.8 Å². The van der Waals surface area contributed by atoms with Crippen molar-refractivity contribution in [2.75, 3.05) is 7.11 Å². The van der Waals surface area contributed by atoms with Gasteiger partial charge in [0.15, 0.2) is 11.5 Å². The van der Waals surface area contributed by atoms with E-state index in [9.17, 15) is 14.4 Å². The lowest BCUT2D eigenvalue weighted by Gasteiger charge is -2.10. The van der Waals surface area contributed by atoms with Crippen LogP contribution in [0.15, 0.2) is 47.6 Å². The molecule has 0 atom stereocenters. The summed E-state index contributed by atoms with van der Waals surface area (Å²) >= 11 is 0. The van der Waals surface area contributed by atoms with Crippen LogP contribution in [0.5, 0.6) is 11.5 Å². The summed E-state index contributed by atoms with van der Waals surface area (Å²) in [6, 6.07) is 11.8. The van der Waals surface area contributed by atoms with Gasteiger partial charge < -0.3 is 9.47 Å². The van der Waals surface area contributed by atoms with Gasteiger partial charge in [-0.2, -0.15) is 5.10 Å². The van der Waals surface area contributed by atoms with Crippen LogP contribution in [0.4, 0.5) is 0 Å². The summed E-state index contributed by atoms with van der Waals surface area (Å²) in [5.41, 5.74) is 6.32. The highest BCUT2D eigenvalue weighted by Gasteiger charge is 2.12. The number of hydrazine groups is 1. The van der Waals surface area contributed by atoms with E-state index in [2.05, 4.69) is 10.5 Å². The molecule has 9 nitrogen and oxygen atoms in total. The number of nitrogens with two attached hydrogens (primary N) is 1. The molecule has 0 unspecified atom stereocenters. The molecule has 0 aliphatic rings. The molecule has 0 saturated heterocycles. The molecule has 0 heterocycles. The fourth-order valence-corrected chi connectivity index (χ4v) is 2.23. The maximum Gasteiger partial charge on any atom is 0.343 e. The number of amides is 2. The topological polar surface area (TPSA) is 132 Å². The fraction of sp³-hybridized carbons (Fsp3) is 0.200. The molecule has 4 N–H and O–H groups in total. The molecule has 9 heteroatoms. The Balaban J connectivity index is 1.98. The number of nitrogens with one attached hydrogen (secondary N) is 2. The zero-order valence-electron chi connectivity index (χ0n) is 16.1. The number of methoxy groups -OCH3 is 1. The predicted molar refractivity (Wildman–Crippen MR) is 106 cm³/mol. The summed E-state index contributed by atoms with van der Waals surface area (Å²) in [4.78, 5) is 34.8. The molecular weight excluding hydrogens is 376 g/mol. The zero-order chi connectivity index (χ0) is 21.2. The van der Waals surface area contributed by atoms with Crippen LogP contribution in [0.2, 0.25) is 0 Å². The van der Waals surface area contributed by atoms with Crippen LogP contribution in [0.1, 0.15) is 34.3 Å². The van der Waals surface area contributed by atoms with Crippen molar-refractivity contribution in [2.45, 2.75) is 19.8 Å². The largest absolute Gasteiger partial charge is 0.493 e. The van der Waals surface area contributed by atoms with Crippen molar-refractivity contribution < 1.29 is 23.9 Å². The van der Waals surface area contributed by atoms with E-state index in [4.69, 9.17) is 15.3 Å². The van der Waals surface area contributed by atoms with Gasteiger partial charge in [-0.1, -0.05) is 17.7 Å². The van der Waals surface area contributed by atoms with Crippen LogP contribution < -0.4 is 26.2 Å². The highest BCUT2D eigenvalue weighted by atomic mass is 16.6. The average Bonchev–Trinajstić information content (AvgIpc) is 2.73. The Labute approximate surface area is 167 Å². The van der Waals surface area contributed by atoms with Crippen molar-refractivity contribution in [3.8, 4) is 11.5 Å². The minimum absolute atomic E-state index is 0.0350. The first-order valence-electron chi connectivity index (χ1n) is 8.71. The van der Waals surface area contributed by atoms with Crippen molar-refractivity contribution in [3.63, 3.8) is 0 Å². The summed E-state index contributed by atoms with van der Waals surface area (Å²) < 4.78 is 10.7. The van der Waals surface area contributed by atoms with E-state index in [1.54, 1.807) is 30.3 Å². The quantitative estimate of drug-likeness (QED) is 0.154. The minimum atomic E-state index is -0.501. The smallest absolute Gasteiger partial charge is 0.343 e. The highest BCUT2D eigenvalue weighted by Crippen LogP contribution is 2.28. The molecule has 2 aromatic carbocycles. The molecule has 0 radical (unpaired) electrons. The lowest BCUT2D eigenvalue weighted by atomic mass is 10.1. The number of nitrogens with zero attached hydrogens (tertiary/aromatic N) is 1. The molecule has 0 fully saturated rings. The standard InChI is InChI=1S/C20H22N4O5/c1-13-3-6-15(7-4-13)20(27)29-16-8-5-14(11-17(16)28-2)12-22-24-19(26)10-9-18(25)23-21/h3-8,11-12H,9-10,21H2,1-2H3,(H,23,25)(H,24,26)/b22-12+. The summed E-state index contributed by atoms with van der Waals surface area (Å²) in [5.74, 6) is 4.16. The fourth-order valence-electron chi connectivity index (χ4n) is 2.23. The van der Waals surface area contributed by atoms with E-state index >= 15 is 0 Å². The maximum atomic E-state index is 12.3. The molecule has 0 aliphatic heterocycles. The van der Waals surface area contributed by atoms with Gasteiger partial charge in [0.1, 0.15) is 0 Å². The number of carbonyl (C=O) groups is 3. The number of rotatable bonds is 8. The zero-order valence-corrected chi connectivity index (χ0v) is 16.1. The highest BCUT2D eigenvalue weighted by molar-refractivity contribution is 5.91. The molecule has 0 bridgehead atoms. The van der Waals surface area contributed by atoms with Crippen molar-refractivity contribution in [3.05, 3.63) is 59.2 Å². The molecule has 2 rings (SSSR count). The number of ether oxygens (including phenoxy) is 2. The van der Waals surface area contributed by atoms with E-state index in [0.29, 0.717) is 16.9 Å². The monoisotopic (exact) mass is 398 g/mol. The number of benzene rings is 2. The van der Waals surface area contributed by atoms with E-state index in [1.807, 2.05) is 24.5 Å². The van der Waals surface area contributed by atoms with E-state index in [0.717, 1.165) is 5.56 Å². The number of carbonyl (C=O) groups excluding carboxylic acids is 3. The Morgan fingerprint density at radius 2 is 1.72 bits per heavy atom. The van der Waals surface area contributed by atoms with Crippen LogP contribution in [-0.4, -0.2) is 31.1 Å². The van der Waals surface area contributed by atoms with Gasteiger partial charge >= 0.3 is 5.97 Å². The maximum absolute atomic E-state index is 12.3. The second-order valence-electron chi connectivity index (χ2n) is 6.03. The van der Waals surface area contributed by atoms with Crippen LogP contribution >= 0.6 is 0 Å². The number of esters is 1. The Hall–Kier alpha value is -3.72. The second-order valence-corrected chi connectivity index (χ2v) is 6.03. The third kappa shape index (κ3) is 6.74. The summed E-state index contributed by atoms with van der Waals surface area (Å²) in [5, 5.41) is 3.82. The Kier molecular flexibility index (Phi) is 7.87. The van der Waals surface area contributed by atoms with Crippen molar-refractivity contribution in [1.29, 1.82) is 0 Å².